The third kappa shape index (κ3) is 12.8. The van der Waals surface area contributed by atoms with Crippen LogP contribution in [0, 0.1) is 6.92 Å². The summed E-state index contributed by atoms with van der Waals surface area (Å²) in [6.45, 7) is 10.5. The van der Waals surface area contributed by atoms with Gasteiger partial charge in [-0.1, -0.05) is 71.1 Å². The van der Waals surface area contributed by atoms with Gasteiger partial charge in [0.15, 0.2) is 0 Å². The van der Waals surface area contributed by atoms with E-state index in [1.807, 2.05) is 13.0 Å². The number of hydrogen-bond acceptors (Lipinski definition) is 1. The predicted octanol–water partition coefficient (Wildman–Crippen LogP) is 5.31. The van der Waals surface area contributed by atoms with Crippen LogP contribution in [0.15, 0.2) is 24.3 Å². The number of benzene rings is 1. The number of unbranched alkanes of at least 4 members (excludes halogenated alkanes) is 2. The van der Waals surface area contributed by atoms with E-state index in [2.05, 4.69) is 27.7 Å². The monoisotopic (exact) mass is 252 g/mol. The highest BCUT2D eigenvalue weighted by Crippen LogP contribution is 2.02. The van der Waals surface area contributed by atoms with Gasteiger partial charge in [0.05, 0.1) is 5.56 Å². The fraction of sp³-hybridized carbons (Fsp3) is 0.562. The Labute approximate surface area is 112 Å². The van der Waals surface area contributed by atoms with Crippen LogP contribution in [0.3, 0.4) is 0 Å². The van der Waals surface area contributed by atoms with E-state index >= 15 is 0 Å². The summed E-state index contributed by atoms with van der Waals surface area (Å²) in [4.78, 5) is 10.4. The second-order valence-electron chi connectivity index (χ2n) is 4.24. The second kappa shape index (κ2) is 13.8. The van der Waals surface area contributed by atoms with Crippen LogP contribution in [-0.2, 0) is 0 Å². The molecule has 2 heteroatoms. The zero-order valence-corrected chi connectivity index (χ0v) is 12.5. The number of aryl methyl sites for hydroxylation is 1. The quantitative estimate of drug-likeness (QED) is 0.792. The minimum atomic E-state index is -0.872. The molecule has 0 amide bonds. The number of hydrogen-bond donors (Lipinski definition) is 1. The van der Waals surface area contributed by atoms with Crippen LogP contribution < -0.4 is 0 Å². The topological polar surface area (TPSA) is 37.3 Å². The van der Waals surface area contributed by atoms with Gasteiger partial charge in [0.1, 0.15) is 0 Å². The molecule has 0 aliphatic rings. The van der Waals surface area contributed by atoms with Crippen LogP contribution in [0.5, 0.6) is 0 Å². The van der Waals surface area contributed by atoms with E-state index in [0.29, 0.717) is 5.56 Å². The molecule has 0 aliphatic carbocycles. The van der Waals surface area contributed by atoms with Gasteiger partial charge in [-0.2, -0.15) is 0 Å². The normalized spacial score (nSPS) is 8.50. The minimum absolute atomic E-state index is 0.347. The van der Waals surface area contributed by atoms with Gasteiger partial charge < -0.3 is 5.11 Å². The van der Waals surface area contributed by atoms with Crippen molar-refractivity contribution in [1.82, 2.24) is 0 Å². The van der Waals surface area contributed by atoms with Crippen molar-refractivity contribution in [3.8, 4) is 0 Å². The first-order valence-electron chi connectivity index (χ1n) is 6.83. The van der Waals surface area contributed by atoms with Crippen molar-refractivity contribution < 1.29 is 9.90 Å². The first-order valence-corrected chi connectivity index (χ1v) is 6.83. The largest absolute Gasteiger partial charge is 0.478 e. The molecule has 0 saturated carbocycles. The number of carboxylic acid groups (broad SMARTS) is 1. The Balaban J connectivity index is 0. The molecular formula is C16H28O2. The number of aromatic carboxylic acids is 1. The second-order valence-corrected chi connectivity index (χ2v) is 4.24. The first kappa shape index (κ1) is 19.0. The average molecular weight is 252 g/mol. The first-order chi connectivity index (χ1) is 8.53. The summed E-state index contributed by atoms with van der Waals surface area (Å²) >= 11 is 0. The molecule has 0 aromatic heterocycles. The highest BCUT2D eigenvalue weighted by molar-refractivity contribution is 5.87. The summed E-state index contributed by atoms with van der Waals surface area (Å²) in [5.41, 5.74) is 1.32. The predicted molar refractivity (Wildman–Crippen MR) is 79.3 cm³/mol. The molecule has 0 atom stereocenters. The lowest BCUT2D eigenvalue weighted by Gasteiger charge is -1.93. The average Bonchev–Trinajstić information content (AvgIpc) is 2.32. The van der Waals surface area contributed by atoms with Gasteiger partial charge in [-0.05, 0) is 19.1 Å². The molecule has 0 bridgehead atoms. The van der Waals surface area contributed by atoms with Crippen LogP contribution in [0.2, 0.25) is 0 Å². The molecule has 0 fully saturated rings. The fourth-order valence-electron chi connectivity index (χ4n) is 1.13. The summed E-state index contributed by atoms with van der Waals surface area (Å²) in [6, 6.07) is 6.82. The highest BCUT2D eigenvalue weighted by atomic mass is 16.4. The van der Waals surface area contributed by atoms with Gasteiger partial charge >= 0.3 is 5.97 Å². The summed E-state index contributed by atoms with van der Waals surface area (Å²) in [5.74, 6) is -0.872. The molecular weight excluding hydrogens is 224 g/mol. The summed E-state index contributed by atoms with van der Waals surface area (Å²) in [5, 5.41) is 8.51. The molecule has 1 aromatic carbocycles. The number of rotatable bonds is 3. The van der Waals surface area contributed by atoms with Crippen LogP contribution in [0.4, 0.5) is 0 Å². The van der Waals surface area contributed by atoms with Gasteiger partial charge in [-0.15, -0.1) is 0 Å². The van der Waals surface area contributed by atoms with Gasteiger partial charge in [-0.3, -0.25) is 0 Å². The van der Waals surface area contributed by atoms with Crippen molar-refractivity contribution in [3.63, 3.8) is 0 Å². The molecule has 1 N–H and O–H groups in total. The van der Waals surface area contributed by atoms with Gasteiger partial charge in [0.2, 0.25) is 0 Å². The molecule has 0 radical (unpaired) electrons. The van der Waals surface area contributed by atoms with E-state index in [0.717, 1.165) is 5.56 Å². The van der Waals surface area contributed by atoms with Crippen molar-refractivity contribution >= 4 is 5.97 Å². The Morgan fingerprint density at radius 2 is 1.61 bits per heavy atom. The Bertz CT molecular complexity index is 304. The lowest BCUT2D eigenvalue weighted by Crippen LogP contribution is -1.95. The van der Waals surface area contributed by atoms with Crippen molar-refractivity contribution in [2.45, 2.75) is 60.3 Å². The Morgan fingerprint density at radius 3 is 1.83 bits per heavy atom. The fourth-order valence-corrected chi connectivity index (χ4v) is 1.13. The minimum Gasteiger partial charge on any atom is -0.478 e. The zero-order valence-electron chi connectivity index (χ0n) is 12.5. The van der Waals surface area contributed by atoms with Crippen LogP contribution >= 0.6 is 0 Å². The molecule has 0 aliphatic heterocycles. The molecule has 0 unspecified atom stereocenters. The van der Waals surface area contributed by atoms with E-state index in [4.69, 9.17) is 5.11 Å². The van der Waals surface area contributed by atoms with Crippen molar-refractivity contribution in [2.24, 2.45) is 0 Å². The zero-order chi connectivity index (χ0) is 14.4. The molecule has 18 heavy (non-hydrogen) atoms. The van der Waals surface area contributed by atoms with Crippen molar-refractivity contribution in [3.05, 3.63) is 35.4 Å². The van der Waals surface area contributed by atoms with Crippen LogP contribution in [0.25, 0.3) is 0 Å². The van der Waals surface area contributed by atoms with E-state index in [9.17, 15) is 4.79 Å². The van der Waals surface area contributed by atoms with E-state index in [-0.39, 0.29) is 0 Å². The molecule has 1 aromatic rings. The summed E-state index contributed by atoms with van der Waals surface area (Å²) in [7, 11) is 0. The summed E-state index contributed by atoms with van der Waals surface area (Å²) in [6.07, 6.45) is 5.33. The van der Waals surface area contributed by atoms with E-state index < -0.39 is 5.97 Å². The third-order valence-electron chi connectivity index (χ3n) is 1.97. The molecule has 104 valence electrons. The molecule has 2 nitrogen and oxygen atoms in total. The van der Waals surface area contributed by atoms with Crippen molar-refractivity contribution in [2.75, 3.05) is 0 Å². The van der Waals surface area contributed by atoms with Crippen LogP contribution in [0.1, 0.15) is 69.3 Å². The van der Waals surface area contributed by atoms with E-state index in [1.54, 1.807) is 18.2 Å². The molecule has 1 rings (SSSR count). The van der Waals surface area contributed by atoms with Gasteiger partial charge in [-0.25, -0.2) is 4.79 Å². The highest BCUT2D eigenvalue weighted by Gasteiger charge is 1.99. The maximum Gasteiger partial charge on any atom is 0.335 e. The maximum absolute atomic E-state index is 10.4. The maximum atomic E-state index is 10.4. The van der Waals surface area contributed by atoms with E-state index in [1.165, 1.54) is 25.7 Å². The molecule has 0 saturated heterocycles. The van der Waals surface area contributed by atoms with Crippen LogP contribution in [-0.4, -0.2) is 11.1 Å². The lowest BCUT2D eigenvalue weighted by atomic mass is 10.1. The molecule has 0 spiro atoms. The van der Waals surface area contributed by atoms with Crippen molar-refractivity contribution in [1.29, 1.82) is 0 Å². The number of carboxylic acids is 1. The summed E-state index contributed by atoms with van der Waals surface area (Å²) < 4.78 is 0. The Kier molecular flexibility index (Phi) is 14.5. The lowest BCUT2D eigenvalue weighted by molar-refractivity contribution is 0.0697. The Hall–Kier alpha value is -1.31. The standard InChI is InChI=1S/C8H8O2.C5H12.C3H8/c1-6-3-2-4-7(5-6)8(9)10;1-3-5-4-2;1-3-2/h2-5H,1H3,(H,9,10);3-5H2,1-2H3;3H2,1-2H3. The number of carbonyl (C=O) groups is 1. The third-order valence-corrected chi connectivity index (χ3v) is 1.97. The smallest absolute Gasteiger partial charge is 0.335 e. The SMILES string of the molecule is CCC.CCCCC.Cc1cccc(C(=O)O)c1. The van der Waals surface area contributed by atoms with Gasteiger partial charge in [0.25, 0.3) is 0 Å². The molecule has 0 heterocycles. The van der Waals surface area contributed by atoms with Gasteiger partial charge in [0, 0.05) is 0 Å². The Morgan fingerprint density at radius 1 is 1.11 bits per heavy atom.